The highest BCUT2D eigenvalue weighted by atomic mass is 19.4. The molecule has 0 aliphatic rings. The average molecular weight is 322 g/mol. The van der Waals surface area contributed by atoms with Crippen LogP contribution in [0, 0.1) is 0 Å². The second-order valence-electron chi connectivity index (χ2n) is 4.39. The summed E-state index contributed by atoms with van der Waals surface area (Å²) in [4.78, 5) is 15.4. The normalized spacial score (nSPS) is 11.4. The number of halogens is 3. The Hall–Kier alpha value is -3.04. The third-order valence-corrected chi connectivity index (χ3v) is 2.73. The van der Waals surface area contributed by atoms with E-state index < -0.39 is 12.1 Å². The molecule has 0 saturated carbocycles. The number of nitrogens with zero attached hydrogens (tertiary/aromatic N) is 5. The molecule has 0 atom stereocenters. The van der Waals surface area contributed by atoms with Crippen LogP contribution in [-0.2, 0) is 12.7 Å². The van der Waals surface area contributed by atoms with Crippen molar-refractivity contribution in [1.29, 1.82) is 0 Å². The van der Waals surface area contributed by atoms with Gasteiger partial charge in [-0.05, 0) is 12.1 Å². The Morgan fingerprint density at radius 3 is 2.48 bits per heavy atom. The van der Waals surface area contributed by atoms with E-state index in [-0.39, 0.29) is 11.4 Å². The largest absolute Gasteiger partial charge is 0.471 e. The monoisotopic (exact) mass is 322 g/mol. The first kappa shape index (κ1) is 14.9. The van der Waals surface area contributed by atoms with Gasteiger partial charge in [-0.2, -0.15) is 18.2 Å². The Bertz CT molecular complexity index is 772. The van der Waals surface area contributed by atoms with Gasteiger partial charge < -0.3 is 9.84 Å². The molecule has 0 aromatic carbocycles. The van der Waals surface area contributed by atoms with Gasteiger partial charge in [-0.1, -0.05) is 11.2 Å². The van der Waals surface area contributed by atoms with Crippen LogP contribution < -0.4 is 5.32 Å². The number of nitrogens with one attached hydrogen (secondary N) is 1. The molecular weight excluding hydrogens is 313 g/mol. The van der Waals surface area contributed by atoms with E-state index in [9.17, 15) is 13.2 Å². The molecule has 0 spiro atoms. The van der Waals surface area contributed by atoms with Gasteiger partial charge in [0.05, 0.1) is 17.8 Å². The summed E-state index contributed by atoms with van der Waals surface area (Å²) in [6.07, 6.45) is -0.413. The van der Waals surface area contributed by atoms with E-state index in [0.717, 1.165) is 5.69 Å². The van der Waals surface area contributed by atoms with Crippen LogP contribution in [0.4, 0.5) is 19.1 Å². The lowest BCUT2D eigenvalue weighted by molar-refractivity contribution is -0.159. The lowest BCUT2D eigenvalue weighted by Gasteiger charge is -2.03. The van der Waals surface area contributed by atoms with Crippen molar-refractivity contribution in [3.05, 3.63) is 48.4 Å². The molecule has 3 rings (SSSR count). The van der Waals surface area contributed by atoms with Crippen LogP contribution in [0.2, 0.25) is 0 Å². The van der Waals surface area contributed by atoms with Gasteiger partial charge >= 0.3 is 12.1 Å². The van der Waals surface area contributed by atoms with Gasteiger partial charge in [-0.3, -0.25) is 4.98 Å². The summed E-state index contributed by atoms with van der Waals surface area (Å²) < 4.78 is 41.4. The molecule has 3 aromatic rings. The molecule has 3 aromatic heterocycles. The van der Waals surface area contributed by atoms with Crippen LogP contribution in [0.3, 0.4) is 0 Å². The van der Waals surface area contributed by atoms with Crippen molar-refractivity contribution >= 4 is 5.95 Å². The SMILES string of the molecule is FC(F)(F)c1nc(-c2cnc(NCc3ccccn3)nc2)no1. The molecule has 118 valence electrons. The van der Waals surface area contributed by atoms with Gasteiger partial charge in [0.1, 0.15) is 0 Å². The van der Waals surface area contributed by atoms with Crippen molar-refractivity contribution in [3.63, 3.8) is 0 Å². The summed E-state index contributed by atoms with van der Waals surface area (Å²) in [5, 5.41) is 6.20. The summed E-state index contributed by atoms with van der Waals surface area (Å²) in [6.45, 7) is 0.417. The highest BCUT2D eigenvalue weighted by Gasteiger charge is 2.38. The van der Waals surface area contributed by atoms with Crippen LogP contribution in [0.25, 0.3) is 11.4 Å². The molecular formula is C13H9F3N6O. The number of rotatable bonds is 4. The van der Waals surface area contributed by atoms with E-state index in [4.69, 9.17) is 0 Å². The Balaban J connectivity index is 1.68. The lowest BCUT2D eigenvalue weighted by Crippen LogP contribution is -2.05. The maximum atomic E-state index is 12.4. The van der Waals surface area contributed by atoms with Crippen LogP contribution in [0.5, 0.6) is 0 Å². The number of aromatic nitrogens is 5. The average Bonchev–Trinajstić information content (AvgIpc) is 3.05. The standard InChI is InChI=1S/C13H9F3N6O/c14-13(15,16)11-21-10(22-23-11)8-5-18-12(19-6-8)20-7-9-3-1-2-4-17-9/h1-6H,7H2,(H,18,19,20). The third kappa shape index (κ3) is 3.59. The van der Waals surface area contributed by atoms with Gasteiger partial charge in [0.25, 0.3) is 0 Å². The van der Waals surface area contributed by atoms with Crippen LogP contribution >= 0.6 is 0 Å². The first-order valence-corrected chi connectivity index (χ1v) is 6.39. The van der Waals surface area contributed by atoms with Crippen LogP contribution in [0.1, 0.15) is 11.6 Å². The smallest absolute Gasteiger partial charge is 0.349 e. The molecule has 0 saturated heterocycles. The number of pyridine rings is 1. The molecule has 0 radical (unpaired) electrons. The molecule has 0 aliphatic carbocycles. The van der Waals surface area contributed by atoms with Gasteiger partial charge in [0, 0.05) is 18.6 Å². The van der Waals surface area contributed by atoms with E-state index in [0.29, 0.717) is 12.5 Å². The highest BCUT2D eigenvalue weighted by molar-refractivity contribution is 5.52. The van der Waals surface area contributed by atoms with Gasteiger partial charge in [-0.15, -0.1) is 0 Å². The van der Waals surface area contributed by atoms with Crippen molar-refractivity contribution in [2.45, 2.75) is 12.7 Å². The molecule has 1 N–H and O–H groups in total. The summed E-state index contributed by atoms with van der Waals surface area (Å²) in [7, 11) is 0. The molecule has 10 heteroatoms. The molecule has 0 unspecified atom stereocenters. The first-order valence-electron chi connectivity index (χ1n) is 6.39. The van der Waals surface area contributed by atoms with Crippen LogP contribution in [0.15, 0.2) is 41.3 Å². The second-order valence-corrected chi connectivity index (χ2v) is 4.39. The zero-order valence-electron chi connectivity index (χ0n) is 11.4. The summed E-state index contributed by atoms with van der Waals surface area (Å²) in [6, 6.07) is 5.48. The van der Waals surface area contributed by atoms with Crippen molar-refractivity contribution in [3.8, 4) is 11.4 Å². The molecule has 7 nitrogen and oxygen atoms in total. The minimum Gasteiger partial charge on any atom is -0.349 e. The minimum atomic E-state index is -4.68. The summed E-state index contributed by atoms with van der Waals surface area (Å²) in [5.74, 6) is -1.34. The molecule has 0 bridgehead atoms. The van der Waals surface area contributed by atoms with Gasteiger partial charge in [-0.25, -0.2) is 9.97 Å². The maximum absolute atomic E-state index is 12.4. The molecule has 0 fully saturated rings. The van der Waals surface area contributed by atoms with E-state index in [1.807, 2.05) is 12.1 Å². The molecule has 23 heavy (non-hydrogen) atoms. The van der Waals surface area contributed by atoms with Crippen molar-refractivity contribution in [2.75, 3.05) is 5.32 Å². The van der Waals surface area contributed by atoms with Crippen molar-refractivity contribution < 1.29 is 17.7 Å². The number of hydrogen-bond acceptors (Lipinski definition) is 7. The fourth-order valence-corrected chi connectivity index (χ4v) is 1.66. The predicted octanol–water partition coefficient (Wildman–Crippen LogP) is 2.55. The van der Waals surface area contributed by atoms with Gasteiger partial charge in [0.15, 0.2) is 0 Å². The van der Waals surface area contributed by atoms with E-state index in [1.54, 1.807) is 12.3 Å². The molecule has 3 heterocycles. The Morgan fingerprint density at radius 2 is 1.87 bits per heavy atom. The third-order valence-electron chi connectivity index (χ3n) is 2.73. The number of anilines is 1. The number of alkyl halides is 3. The van der Waals surface area contributed by atoms with Crippen molar-refractivity contribution in [1.82, 2.24) is 25.1 Å². The summed E-state index contributed by atoms with van der Waals surface area (Å²) >= 11 is 0. The molecule has 0 amide bonds. The summed E-state index contributed by atoms with van der Waals surface area (Å²) in [5.41, 5.74) is 1.01. The second kappa shape index (κ2) is 5.99. The highest BCUT2D eigenvalue weighted by Crippen LogP contribution is 2.29. The zero-order chi connectivity index (χ0) is 16.3. The van der Waals surface area contributed by atoms with Crippen molar-refractivity contribution in [2.24, 2.45) is 0 Å². The fraction of sp³-hybridized carbons (Fsp3) is 0.154. The van der Waals surface area contributed by atoms with E-state index in [1.165, 1.54) is 12.4 Å². The molecule has 0 aliphatic heterocycles. The fourth-order valence-electron chi connectivity index (χ4n) is 1.66. The zero-order valence-corrected chi connectivity index (χ0v) is 11.4. The van der Waals surface area contributed by atoms with E-state index in [2.05, 4.69) is 34.9 Å². The Morgan fingerprint density at radius 1 is 1.09 bits per heavy atom. The lowest BCUT2D eigenvalue weighted by atomic mass is 10.3. The minimum absolute atomic E-state index is 0.215. The van der Waals surface area contributed by atoms with Gasteiger partial charge in [0.2, 0.25) is 11.8 Å². The quantitative estimate of drug-likeness (QED) is 0.789. The van der Waals surface area contributed by atoms with Crippen LogP contribution in [-0.4, -0.2) is 25.1 Å². The number of hydrogen-bond donors (Lipinski definition) is 1. The first-order chi connectivity index (χ1) is 11.0. The predicted molar refractivity (Wildman–Crippen MR) is 71.9 cm³/mol. The van der Waals surface area contributed by atoms with E-state index >= 15 is 0 Å². The Labute approximate surface area is 127 Å². The Kier molecular flexibility index (Phi) is 3.87. The topological polar surface area (TPSA) is 89.6 Å². The maximum Gasteiger partial charge on any atom is 0.471 e.